The highest BCUT2D eigenvalue weighted by atomic mass is 16.6. The lowest BCUT2D eigenvalue weighted by Crippen LogP contribution is -2.39. The van der Waals surface area contributed by atoms with Crippen LogP contribution in [0.25, 0.3) is 0 Å². The lowest BCUT2D eigenvalue weighted by Gasteiger charge is -2.20. The van der Waals surface area contributed by atoms with Crippen molar-refractivity contribution in [2.45, 2.75) is 52.7 Å². The Bertz CT molecular complexity index is 210. The molecular weight excluding hydrogens is 204 g/mol. The van der Waals surface area contributed by atoms with Crippen molar-refractivity contribution in [3.05, 3.63) is 0 Å². The summed E-state index contributed by atoms with van der Waals surface area (Å²) in [7, 11) is 0. The smallest absolute Gasteiger partial charge is 0.320 e. The lowest BCUT2D eigenvalue weighted by atomic mass is 10.0. The van der Waals surface area contributed by atoms with Crippen molar-refractivity contribution in [1.29, 1.82) is 0 Å². The minimum Gasteiger partial charge on any atom is -0.459 e. The molecule has 0 spiro atoms. The molecule has 16 heavy (non-hydrogen) atoms. The van der Waals surface area contributed by atoms with Gasteiger partial charge in [0.05, 0.1) is 6.54 Å². The van der Waals surface area contributed by atoms with Gasteiger partial charge in [0.25, 0.3) is 0 Å². The maximum atomic E-state index is 11.3. The Balaban J connectivity index is 3.62. The molecule has 0 rings (SSSR count). The van der Waals surface area contributed by atoms with Crippen molar-refractivity contribution < 1.29 is 9.53 Å². The number of hydrogen-bond acceptors (Lipinski definition) is 4. The topological polar surface area (TPSA) is 64.3 Å². The second kappa shape index (κ2) is 6.86. The molecule has 0 saturated carbocycles. The fourth-order valence-electron chi connectivity index (χ4n) is 1.43. The van der Waals surface area contributed by atoms with Crippen molar-refractivity contribution in [2.75, 3.05) is 13.1 Å². The van der Waals surface area contributed by atoms with E-state index in [0.29, 0.717) is 12.5 Å². The summed E-state index contributed by atoms with van der Waals surface area (Å²) in [6, 6.07) is 0.0995. The second-order valence-electron chi connectivity index (χ2n) is 5.61. The fraction of sp³-hybridized carbons (Fsp3) is 0.917. The Labute approximate surface area is 98.9 Å². The predicted molar refractivity (Wildman–Crippen MR) is 66.1 cm³/mol. The molecule has 0 amide bonds. The summed E-state index contributed by atoms with van der Waals surface area (Å²) >= 11 is 0. The number of nitrogens with two attached hydrogens (primary N) is 1. The number of esters is 1. The number of rotatable bonds is 6. The first-order chi connectivity index (χ1) is 7.20. The molecular formula is C12H26N2O2. The van der Waals surface area contributed by atoms with Crippen LogP contribution in [0.15, 0.2) is 0 Å². The number of nitrogens with one attached hydrogen (secondary N) is 1. The highest BCUT2D eigenvalue weighted by Crippen LogP contribution is 2.06. The summed E-state index contributed by atoms with van der Waals surface area (Å²) in [4.78, 5) is 11.3. The minimum absolute atomic E-state index is 0.0995. The lowest BCUT2D eigenvalue weighted by molar-refractivity contribution is -0.153. The highest BCUT2D eigenvalue weighted by Gasteiger charge is 2.15. The molecule has 0 bridgehead atoms. The van der Waals surface area contributed by atoms with Gasteiger partial charge >= 0.3 is 5.97 Å². The van der Waals surface area contributed by atoms with E-state index in [9.17, 15) is 4.79 Å². The van der Waals surface area contributed by atoms with Crippen LogP contribution in [0.1, 0.15) is 41.0 Å². The van der Waals surface area contributed by atoms with Gasteiger partial charge in [0, 0.05) is 12.6 Å². The van der Waals surface area contributed by atoms with Gasteiger partial charge in [0.1, 0.15) is 5.60 Å². The van der Waals surface area contributed by atoms with Gasteiger partial charge in [-0.3, -0.25) is 4.79 Å². The fourth-order valence-corrected chi connectivity index (χ4v) is 1.43. The van der Waals surface area contributed by atoms with Crippen LogP contribution in [0.5, 0.6) is 0 Å². The second-order valence-corrected chi connectivity index (χ2v) is 5.61. The largest absolute Gasteiger partial charge is 0.459 e. The molecule has 4 heteroatoms. The molecule has 3 N–H and O–H groups in total. The Morgan fingerprint density at radius 2 is 1.94 bits per heavy atom. The van der Waals surface area contributed by atoms with Gasteiger partial charge in [-0.15, -0.1) is 0 Å². The molecule has 0 unspecified atom stereocenters. The van der Waals surface area contributed by atoms with E-state index in [1.54, 1.807) is 0 Å². The summed E-state index contributed by atoms with van der Waals surface area (Å²) in [5.41, 5.74) is 5.46. The maximum absolute atomic E-state index is 11.3. The maximum Gasteiger partial charge on any atom is 0.320 e. The van der Waals surface area contributed by atoms with E-state index >= 15 is 0 Å². The molecule has 0 heterocycles. The zero-order chi connectivity index (χ0) is 12.8. The van der Waals surface area contributed by atoms with Crippen molar-refractivity contribution >= 4 is 5.97 Å². The van der Waals surface area contributed by atoms with Gasteiger partial charge in [0.2, 0.25) is 0 Å². The minimum atomic E-state index is -0.418. The van der Waals surface area contributed by atoms with E-state index in [1.807, 2.05) is 20.8 Å². The average molecular weight is 230 g/mol. The molecule has 4 nitrogen and oxygen atoms in total. The summed E-state index contributed by atoms with van der Waals surface area (Å²) in [6.07, 6.45) is 0.960. The van der Waals surface area contributed by atoms with Crippen LogP contribution in [-0.2, 0) is 9.53 Å². The molecule has 0 saturated heterocycles. The first-order valence-corrected chi connectivity index (χ1v) is 5.89. The van der Waals surface area contributed by atoms with Crippen LogP contribution in [0.4, 0.5) is 0 Å². The predicted octanol–water partition coefficient (Wildman–Crippen LogP) is 1.29. The highest BCUT2D eigenvalue weighted by molar-refractivity contribution is 5.72. The van der Waals surface area contributed by atoms with Crippen LogP contribution in [0.2, 0.25) is 0 Å². The molecule has 0 radical (unpaired) electrons. The van der Waals surface area contributed by atoms with Crippen molar-refractivity contribution in [3.63, 3.8) is 0 Å². The third-order valence-electron chi connectivity index (χ3n) is 1.87. The average Bonchev–Trinajstić information content (AvgIpc) is 1.98. The molecule has 0 aliphatic rings. The summed E-state index contributed by atoms with van der Waals surface area (Å²) in [5.74, 6) is 0.350. The normalized spacial score (nSPS) is 13.9. The molecule has 1 atom stereocenters. The number of ether oxygens (including phenoxy) is 1. The van der Waals surface area contributed by atoms with E-state index < -0.39 is 5.60 Å². The van der Waals surface area contributed by atoms with E-state index in [1.165, 1.54) is 0 Å². The van der Waals surface area contributed by atoms with E-state index in [2.05, 4.69) is 19.2 Å². The van der Waals surface area contributed by atoms with Gasteiger partial charge in [-0.1, -0.05) is 13.8 Å². The van der Waals surface area contributed by atoms with Crippen molar-refractivity contribution in [1.82, 2.24) is 5.32 Å². The van der Waals surface area contributed by atoms with Crippen LogP contribution >= 0.6 is 0 Å². The number of hydrogen-bond donors (Lipinski definition) is 2. The number of carbonyl (C=O) groups is 1. The van der Waals surface area contributed by atoms with Gasteiger partial charge in [-0.05, 0) is 33.1 Å². The molecule has 0 fully saturated rings. The van der Waals surface area contributed by atoms with Gasteiger partial charge < -0.3 is 15.8 Å². The van der Waals surface area contributed by atoms with E-state index in [-0.39, 0.29) is 18.6 Å². The van der Waals surface area contributed by atoms with Crippen LogP contribution in [-0.4, -0.2) is 30.7 Å². The van der Waals surface area contributed by atoms with Crippen molar-refractivity contribution in [3.8, 4) is 0 Å². The Morgan fingerprint density at radius 3 is 2.38 bits per heavy atom. The first kappa shape index (κ1) is 15.4. The molecule has 96 valence electrons. The zero-order valence-corrected chi connectivity index (χ0v) is 11.2. The summed E-state index contributed by atoms with van der Waals surface area (Å²) < 4.78 is 5.16. The Kier molecular flexibility index (Phi) is 6.60. The monoisotopic (exact) mass is 230 g/mol. The SMILES string of the molecule is CC(C)C[C@H](N)CNCC(=O)OC(C)(C)C. The summed E-state index contributed by atoms with van der Waals surface area (Å²) in [6.45, 7) is 10.7. The third-order valence-corrected chi connectivity index (χ3v) is 1.87. The van der Waals surface area contributed by atoms with Gasteiger partial charge in [-0.2, -0.15) is 0 Å². The third kappa shape index (κ3) is 9.93. The van der Waals surface area contributed by atoms with E-state index in [0.717, 1.165) is 6.42 Å². The Morgan fingerprint density at radius 1 is 1.38 bits per heavy atom. The quantitative estimate of drug-likeness (QED) is 0.675. The van der Waals surface area contributed by atoms with Crippen LogP contribution < -0.4 is 11.1 Å². The molecule has 0 aliphatic heterocycles. The Hall–Kier alpha value is -0.610. The van der Waals surface area contributed by atoms with Gasteiger partial charge in [-0.25, -0.2) is 0 Å². The van der Waals surface area contributed by atoms with Crippen LogP contribution in [0, 0.1) is 5.92 Å². The number of carbonyl (C=O) groups excluding carboxylic acids is 1. The van der Waals surface area contributed by atoms with Crippen LogP contribution in [0.3, 0.4) is 0 Å². The molecule has 0 aromatic heterocycles. The first-order valence-electron chi connectivity index (χ1n) is 5.89. The van der Waals surface area contributed by atoms with E-state index in [4.69, 9.17) is 10.5 Å². The van der Waals surface area contributed by atoms with Crippen molar-refractivity contribution in [2.24, 2.45) is 11.7 Å². The molecule has 0 aliphatic carbocycles. The summed E-state index contributed by atoms with van der Waals surface area (Å²) in [5, 5.41) is 3.01. The molecule has 0 aromatic rings. The standard InChI is InChI=1S/C12H26N2O2/c1-9(2)6-10(13)7-14-8-11(15)16-12(3,4)5/h9-10,14H,6-8,13H2,1-5H3/t10-/m0/s1. The zero-order valence-electron chi connectivity index (χ0n) is 11.2. The van der Waals surface area contributed by atoms with Gasteiger partial charge in [0.15, 0.2) is 0 Å². The molecule has 0 aromatic carbocycles.